The number of ether oxygens (including phenoxy) is 2. The van der Waals surface area contributed by atoms with Crippen LogP contribution >= 0.6 is 11.3 Å². The Morgan fingerprint density at radius 3 is 2.61 bits per heavy atom. The molecule has 0 aliphatic heterocycles. The summed E-state index contributed by atoms with van der Waals surface area (Å²) in [4.78, 5) is 5.92. The second-order valence-corrected chi connectivity index (χ2v) is 5.62. The first-order valence-corrected chi connectivity index (χ1v) is 7.19. The molecule has 18 heavy (non-hydrogen) atoms. The van der Waals surface area contributed by atoms with Gasteiger partial charge >= 0.3 is 0 Å². The van der Waals surface area contributed by atoms with Crippen LogP contribution in [0, 0.1) is 5.92 Å². The van der Waals surface area contributed by atoms with Crippen molar-refractivity contribution in [2.45, 2.75) is 40.0 Å². The van der Waals surface area contributed by atoms with Crippen LogP contribution in [0.2, 0.25) is 0 Å². The van der Waals surface area contributed by atoms with Gasteiger partial charge in [-0.2, -0.15) is 0 Å². The standard InChI is InChI=1S/C13H24N2O2S/c1-6-17-12(9(2)3)13-15-10(8-16-5)11(18-13)7-14-4/h9,12,14H,6-8H2,1-5H3. The first kappa shape index (κ1) is 15.6. The molecule has 1 aromatic rings. The van der Waals surface area contributed by atoms with E-state index in [-0.39, 0.29) is 6.10 Å². The van der Waals surface area contributed by atoms with Gasteiger partial charge in [0.2, 0.25) is 0 Å². The van der Waals surface area contributed by atoms with Gasteiger partial charge in [0.15, 0.2) is 0 Å². The summed E-state index contributed by atoms with van der Waals surface area (Å²) in [5.41, 5.74) is 1.03. The molecule has 0 fully saturated rings. The molecule has 5 heteroatoms. The molecular formula is C13H24N2O2S. The van der Waals surface area contributed by atoms with E-state index in [1.165, 1.54) is 4.88 Å². The van der Waals surface area contributed by atoms with Crippen LogP contribution in [0.25, 0.3) is 0 Å². The number of hydrogen-bond donors (Lipinski definition) is 1. The largest absolute Gasteiger partial charge is 0.378 e. The summed E-state index contributed by atoms with van der Waals surface area (Å²) in [6.07, 6.45) is 0.0845. The van der Waals surface area contributed by atoms with Gasteiger partial charge in [0.25, 0.3) is 0 Å². The summed E-state index contributed by atoms with van der Waals surface area (Å²) in [7, 11) is 3.64. The summed E-state index contributed by atoms with van der Waals surface area (Å²) in [6, 6.07) is 0. The number of rotatable bonds is 8. The Balaban J connectivity index is 2.96. The van der Waals surface area contributed by atoms with Gasteiger partial charge in [-0.25, -0.2) is 4.98 Å². The molecule has 1 aromatic heterocycles. The molecule has 1 rings (SSSR count). The third-order valence-corrected chi connectivity index (χ3v) is 3.77. The molecule has 0 radical (unpaired) electrons. The molecule has 1 atom stereocenters. The van der Waals surface area contributed by atoms with Crippen LogP contribution in [-0.2, 0) is 22.6 Å². The van der Waals surface area contributed by atoms with Gasteiger partial charge in [0.1, 0.15) is 11.1 Å². The van der Waals surface area contributed by atoms with Crippen molar-refractivity contribution in [2.24, 2.45) is 5.92 Å². The molecule has 0 spiro atoms. The highest BCUT2D eigenvalue weighted by Gasteiger charge is 2.22. The van der Waals surface area contributed by atoms with Gasteiger partial charge in [-0.3, -0.25) is 0 Å². The van der Waals surface area contributed by atoms with Gasteiger partial charge in [0, 0.05) is 25.1 Å². The molecule has 0 aliphatic carbocycles. The highest BCUT2D eigenvalue weighted by atomic mass is 32.1. The van der Waals surface area contributed by atoms with E-state index in [0.717, 1.165) is 17.2 Å². The van der Waals surface area contributed by atoms with Crippen LogP contribution in [0.1, 0.15) is 42.5 Å². The van der Waals surface area contributed by atoms with E-state index in [9.17, 15) is 0 Å². The van der Waals surface area contributed by atoms with Crippen LogP contribution < -0.4 is 5.32 Å². The lowest BCUT2D eigenvalue weighted by Crippen LogP contribution is -2.11. The Bertz CT molecular complexity index is 329. The maximum Gasteiger partial charge on any atom is 0.122 e. The minimum atomic E-state index is 0.0845. The Labute approximate surface area is 114 Å². The van der Waals surface area contributed by atoms with Crippen molar-refractivity contribution in [1.82, 2.24) is 10.3 Å². The fourth-order valence-electron chi connectivity index (χ4n) is 1.80. The predicted octanol–water partition coefficient (Wildman–Crippen LogP) is 2.74. The van der Waals surface area contributed by atoms with Gasteiger partial charge in [-0.15, -0.1) is 11.3 Å². The van der Waals surface area contributed by atoms with Crippen molar-refractivity contribution in [3.63, 3.8) is 0 Å². The normalized spacial score (nSPS) is 13.2. The zero-order chi connectivity index (χ0) is 13.5. The molecular weight excluding hydrogens is 248 g/mol. The monoisotopic (exact) mass is 272 g/mol. The lowest BCUT2D eigenvalue weighted by atomic mass is 10.1. The second kappa shape index (κ2) is 7.84. The zero-order valence-electron chi connectivity index (χ0n) is 11.9. The maximum absolute atomic E-state index is 5.80. The molecule has 0 bridgehead atoms. The summed E-state index contributed by atoms with van der Waals surface area (Å²) >= 11 is 1.72. The van der Waals surface area contributed by atoms with E-state index in [2.05, 4.69) is 24.1 Å². The Hall–Kier alpha value is -0.490. The third kappa shape index (κ3) is 4.02. The van der Waals surface area contributed by atoms with E-state index in [1.807, 2.05) is 14.0 Å². The number of nitrogens with zero attached hydrogens (tertiary/aromatic N) is 1. The molecule has 0 saturated heterocycles. The molecule has 104 valence electrons. The summed E-state index contributed by atoms with van der Waals surface area (Å²) in [5, 5.41) is 4.23. The van der Waals surface area contributed by atoms with E-state index < -0.39 is 0 Å². The summed E-state index contributed by atoms with van der Waals surface area (Å²) in [5.74, 6) is 0.425. The molecule has 0 saturated carbocycles. The molecule has 1 N–H and O–H groups in total. The molecule has 1 heterocycles. The van der Waals surface area contributed by atoms with Crippen LogP contribution in [-0.4, -0.2) is 25.7 Å². The molecule has 4 nitrogen and oxygen atoms in total. The van der Waals surface area contributed by atoms with E-state index >= 15 is 0 Å². The minimum absolute atomic E-state index is 0.0845. The fraction of sp³-hybridized carbons (Fsp3) is 0.769. The Morgan fingerprint density at radius 1 is 1.39 bits per heavy atom. The minimum Gasteiger partial charge on any atom is -0.378 e. The summed E-state index contributed by atoms with van der Waals surface area (Å²) in [6.45, 7) is 8.44. The smallest absolute Gasteiger partial charge is 0.122 e. The van der Waals surface area contributed by atoms with Crippen LogP contribution in [0.4, 0.5) is 0 Å². The predicted molar refractivity (Wildman–Crippen MR) is 74.8 cm³/mol. The van der Waals surface area contributed by atoms with Crippen LogP contribution in [0.5, 0.6) is 0 Å². The topological polar surface area (TPSA) is 43.4 Å². The number of methoxy groups -OCH3 is 1. The number of hydrogen-bond acceptors (Lipinski definition) is 5. The van der Waals surface area contributed by atoms with Crippen LogP contribution in [0.3, 0.4) is 0 Å². The Morgan fingerprint density at radius 2 is 2.11 bits per heavy atom. The van der Waals surface area contributed by atoms with Gasteiger partial charge in [-0.1, -0.05) is 13.8 Å². The fourth-order valence-corrected chi connectivity index (χ4v) is 3.11. The number of thiazole rings is 1. The SMILES string of the molecule is CCOC(c1nc(COC)c(CNC)s1)C(C)C. The van der Waals surface area contributed by atoms with E-state index in [1.54, 1.807) is 18.4 Å². The highest BCUT2D eigenvalue weighted by Crippen LogP contribution is 2.31. The second-order valence-electron chi connectivity index (χ2n) is 4.51. The van der Waals surface area contributed by atoms with Crippen molar-refractivity contribution in [3.05, 3.63) is 15.6 Å². The third-order valence-electron chi connectivity index (χ3n) is 2.61. The van der Waals surface area contributed by atoms with E-state index in [4.69, 9.17) is 9.47 Å². The van der Waals surface area contributed by atoms with Gasteiger partial charge in [0.05, 0.1) is 12.3 Å². The van der Waals surface area contributed by atoms with Crippen molar-refractivity contribution < 1.29 is 9.47 Å². The Kier molecular flexibility index (Phi) is 6.78. The number of aromatic nitrogens is 1. The van der Waals surface area contributed by atoms with Crippen molar-refractivity contribution in [1.29, 1.82) is 0 Å². The molecule has 0 amide bonds. The number of nitrogens with one attached hydrogen (secondary N) is 1. The first-order chi connectivity index (χ1) is 8.63. The average molecular weight is 272 g/mol. The van der Waals surface area contributed by atoms with Crippen LogP contribution in [0.15, 0.2) is 0 Å². The van der Waals surface area contributed by atoms with Crippen molar-refractivity contribution in [3.8, 4) is 0 Å². The molecule has 1 unspecified atom stereocenters. The first-order valence-electron chi connectivity index (χ1n) is 6.37. The quantitative estimate of drug-likeness (QED) is 0.790. The van der Waals surface area contributed by atoms with Gasteiger partial charge < -0.3 is 14.8 Å². The van der Waals surface area contributed by atoms with Crippen molar-refractivity contribution in [2.75, 3.05) is 20.8 Å². The van der Waals surface area contributed by atoms with Crippen molar-refractivity contribution >= 4 is 11.3 Å². The van der Waals surface area contributed by atoms with E-state index in [0.29, 0.717) is 19.1 Å². The lowest BCUT2D eigenvalue weighted by molar-refractivity contribution is 0.0290. The van der Waals surface area contributed by atoms with Gasteiger partial charge in [-0.05, 0) is 19.9 Å². The summed E-state index contributed by atoms with van der Waals surface area (Å²) < 4.78 is 11.0. The average Bonchev–Trinajstić information content (AvgIpc) is 2.70. The lowest BCUT2D eigenvalue weighted by Gasteiger charge is -2.18. The highest BCUT2D eigenvalue weighted by molar-refractivity contribution is 7.11. The zero-order valence-corrected chi connectivity index (χ0v) is 12.8. The maximum atomic E-state index is 5.80. The molecule has 0 aliphatic rings. The molecule has 0 aromatic carbocycles.